The van der Waals surface area contributed by atoms with Crippen molar-refractivity contribution in [3.8, 4) is 0 Å². The second-order valence-electron chi connectivity index (χ2n) is 8.72. The van der Waals surface area contributed by atoms with Gasteiger partial charge in [-0.25, -0.2) is 0 Å². The molecule has 0 aliphatic heterocycles. The molecule has 0 amide bonds. The van der Waals surface area contributed by atoms with Crippen LogP contribution >= 0.6 is 0 Å². The Morgan fingerprint density at radius 3 is 2.55 bits per heavy atom. The zero-order valence-corrected chi connectivity index (χ0v) is 13.7. The average molecular weight is 306 g/mol. The van der Waals surface area contributed by atoms with Crippen LogP contribution in [0.1, 0.15) is 64.7 Å². The summed E-state index contributed by atoms with van der Waals surface area (Å²) in [4.78, 5) is 0. The van der Waals surface area contributed by atoms with Gasteiger partial charge in [-0.3, -0.25) is 0 Å². The summed E-state index contributed by atoms with van der Waals surface area (Å²) in [5.74, 6) is -0.221. The number of rotatable bonds is 1. The Bertz CT molecular complexity index is 480. The lowest BCUT2D eigenvalue weighted by Gasteiger charge is -2.60. The van der Waals surface area contributed by atoms with Crippen molar-refractivity contribution < 1.29 is 15.3 Å². The van der Waals surface area contributed by atoms with Gasteiger partial charge in [-0.1, -0.05) is 25.5 Å². The van der Waals surface area contributed by atoms with E-state index in [1.807, 2.05) is 0 Å². The first-order valence-electron chi connectivity index (χ1n) is 9.23. The highest BCUT2D eigenvalue weighted by Gasteiger charge is 2.64. The fourth-order valence-corrected chi connectivity index (χ4v) is 7.06. The third kappa shape index (κ3) is 1.85. The molecule has 3 N–H and O–H groups in total. The number of hydrogen-bond acceptors (Lipinski definition) is 3. The summed E-state index contributed by atoms with van der Waals surface area (Å²) in [6.45, 7) is 2.44. The zero-order valence-electron chi connectivity index (χ0n) is 13.7. The summed E-state index contributed by atoms with van der Waals surface area (Å²) >= 11 is 0. The van der Waals surface area contributed by atoms with E-state index in [1.54, 1.807) is 0 Å². The lowest BCUT2D eigenvalue weighted by Crippen LogP contribution is -2.58. The van der Waals surface area contributed by atoms with Crippen LogP contribution in [0, 0.1) is 34.5 Å². The van der Waals surface area contributed by atoms with E-state index in [4.69, 9.17) is 0 Å². The molecule has 0 spiro atoms. The molecular weight excluding hydrogens is 276 g/mol. The molecule has 22 heavy (non-hydrogen) atoms. The highest BCUT2D eigenvalue weighted by molar-refractivity contribution is 5.15. The molecule has 1 unspecified atom stereocenters. The molecule has 0 aromatic carbocycles. The van der Waals surface area contributed by atoms with Crippen molar-refractivity contribution in [1.82, 2.24) is 0 Å². The van der Waals surface area contributed by atoms with Gasteiger partial charge < -0.3 is 15.3 Å². The van der Waals surface area contributed by atoms with E-state index in [1.165, 1.54) is 25.7 Å². The van der Waals surface area contributed by atoms with Crippen LogP contribution in [0.3, 0.4) is 0 Å². The van der Waals surface area contributed by atoms with E-state index in [9.17, 15) is 15.3 Å². The second kappa shape index (κ2) is 4.81. The predicted octanol–water partition coefficient (Wildman–Crippen LogP) is 3.20. The molecule has 6 atom stereocenters. The Hall–Kier alpha value is -0.380. The molecule has 0 heterocycles. The van der Waals surface area contributed by atoms with Gasteiger partial charge in [0.05, 0.1) is 5.41 Å². The highest BCUT2D eigenvalue weighted by atomic mass is 16.7. The molecule has 4 aliphatic rings. The normalized spacial score (nSPS) is 51.1. The Balaban J connectivity index is 1.70. The quantitative estimate of drug-likeness (QED) is 0.515. The zero-order chi connectivity index (χ0) is 15.6. The average Bonchev–Trinajstić information content (AvgIpc) is 2.91. The van der Waals surface area contributed by atoms with Gasteiger partial charge in [0.1, 0.15) is 0 Å². The van der Waals surface area contributed by atoms with Crippen LogP contribution in [0.25, 0.3) is 0 Å². The van der Waals surface area contributed by atoms with E-state index in [2.05, 4.69) is 19.1 Å². The maximum atomic E-state index is 10.1. The van der Waals surface area contributed by atoms with Gasteiger partial charge in [0.15, 0.2) is 0 Å². The topological polar surface area (TPSA) is 60.7 Å². The first kappa shape index (κ1) is 15.2. The SMILES string of the molecule is C[C@]12C=CCCC1CC[C@H]1[C@@H]3CCC[C@@]3(C(O)(O)O)CC[C@@H]12. The number of hydrogen-bond donors (Lipinski definition) is 3. The van der Waals surface area contributed by atoms with E-state index in [0.717, 1.165) is 38.0 Å². The van der Waals surface area contributed by atoms with Crippen molar-refractivity contribution in [2.75, 3.05) is 0 Å². The first-order valence-corrected chi connectivity index (χ1v) is 9.23. The molecule has 0 radical (unpaired) electrons. The highest BCUT2D eigenvalue weighted by Crippen LogP contribution is 2.67. The van der Waals surface area contributed by atoms with Gasteiger partial charge in [-0.05, 0) is 80.5 Å². The molecule has 3 fully saturated rings. The minimum Gasteiger partial charge on any atom is -0.343 e. The number of aliphatic hydroxyl groups is 3. The minimum absolute atomic E-state index is 0.277. The molecule has 124 valence electrons. The van der Waals surface area contributed by atoms with Gasteiger partial charge >= 0.3 is 0 Å². The van der Waals surface area contributed by atoms with E-state index >= 15 is 0 Å². The van der Waals surface area contributed by atoms with Gasteiger partial charge in [-0.2, -0.15) is 0 Å². The Kier molecular flexibility index (Phi) is 3.32. The molecular formula is C19H30O3. The largest absolute Gasteiger partial charge is 0.343 e. The molecule has 0 bridgehead atoms. The molecule has 3 heteroatoms. The third-order valence-corrected chi connectivity index (χ3v) is 8.14. The summed E-state index contributed by atoms with van der Waals surface area (Å²) < 4.78 is 0. The van der Waals surface area contributed by atoms with Gasteiger partial charge in [-0.15, -0.1) is 0 Å². The molecule has 0 aromatic heterocycles. The number of allylic oxidation sites excluding steroid dienone is 2. The Morgan fingerprint density at radius 1 is 0.955 bits per heavy atom. The van der Waals surface area contributed by atoms with Gasteiger partial charge in [0.25, 0.3) is 5.97 Å². The van der Waals surface area contributed by atoms with Crippen molar-refractivity contribution >= 4 is 0 Å². The van der Waals surface area contributed by atoms with Crippen LogP contribution in [0.5, 0.6) is 0 Å². The minimum atomic E-state index is -2.50. The fraction of sp³-hybridized carbons (Fsp3) is 0.895. The molecule has 3 nitrogen and oxygen atoms in total. The van der Waals surface area contributed by atoms with Crippen LogP contribution in [0.15, 0.2) is 12.2 Å². The van der Waals surface area contributed by atoms with Crippen molar-refractivity contribution in [1.29, 1.82) is 0 Å². The lowest BCUT2D eigenvalue weighted by molar-refractivity contribution is -0.393. The molecule has 4 aliphatic carbocycles. The Morgan fingerprint density at radius 2 is 1.77 bits per heavy atom. The van der Waals surface area contributed by atoms with E-state index in [-0.39, 0.29) is 5.92 Å². The first-order chi connectivity index (χ1) is 10.4. The van der Waals surface area contributed by atoms with Crippen LogP contribution in [0.4, 0.5) is 0 Å². The summed E-state index contributed by atoms with van der Waals surface area (Å²) in [6, 6.07) is 0. The fourth-order valence-electron chi connectivity index (χ4n) is 7.06. The standard InChI is InChI=1S/C19H30O3/c1-17-10-3-2-5-13(17)7-8-14-15(17)9-12-18(19(20,21)22)11-4-6-16(14)18/h3,10,13-16,20-22H,2,4-9,11-12H2,1H3/t13?,14-,15+,16+,17+,18-/m1/s1. The monoisotopic (exact) mass is 306 g/mol. The van der Waals surface area contributed by atoms with Crippen molar-refractivity contribution in [3.05, 3.63) is 12.2 Å². The molecule has 3 saturated carbocycles. The van der Waals surface area contributed by atoms with Crippen LogP contribution in [-0.2, 0) is 0 Å². The van der Waals surface area contributed by atoms with Crippen LogP contribution in [0.2, 0.25) is 0 Å². The van der Waals surface area contributed by atoms with Gasteiger partial charge in [0.2, 0.25) is 0 Å². The lowest BCUT2D eigenvalue weighted by atomic mass is 9.46. The van der Waals surface area contributed by atoms with Crippen molar-refractivity contribution in [2.45, 2.75) is 70.7 Å². The summed E-state index contributed by atoms with van der Waals surface area (Å²) in [6.07, 6.45) is 14.5. The van der Waals surface area contributed by atoms with Gasteiger partial charge in [0, 0.05) is 0 Å². The summed E-state index contributed by atoms with van der Waals surface area (Å²) in [7, 11) is 0. The summed E-state index contributed by atoms with van der Waals surface area (Å²) in [5.41, 5.74) is -0.380. The third-order valence-electron chi connectivity index (χ3n) is 8.14. The maximum absolute atomic E-state index is 10.1. The smallest absolute Gasteiger partial charge is 0.281 e. The predicted molar refractivity (Wildman–Crippen MR) is 84.6 cm³/mol. The maximum Gasteiger partial charge on any atom is 0.281 e. The molecule has 0 saturated heterocycles. The summed E-state index contributed by atoms with van der Waals surface area (Å²) in [5, 5.41) is 30.3. The van der Waals surface area contributed by atoms with Crippen LogP contribution < -0.4 is 0 Å². The van der Waals surface area contributed by atoms with E-state index < -0.39 is 11.4 Å². The van der Waals surface area contributed by atoms with Crippen LogP contribution in [-0.4, -0.2) is 21.3 Å². The molecule has 4 rings (SSSR count). The van der Waals surface area contributed by atoms with Crippen molar-refractivity contribution in [2.24, 2.45) is 34.5 Å². The van der Waals surface area contributed by atoms with E-state index in [0.29, 0.717) is 17.3 Å². The Labute approximate surface area is 133 Å². The number of fused-ring (bicyclic) bond motifs is 5. The van der Waals surface area contributed by atoms with Crippen molar-refractivity contribution in [3.63, 3.8) is 0 Å². The molecule has 0 aromatic rings. The second-order valence-corrected chi connectivity index (χ2v) is 8.72.